The number of hydrogen-bond acceptors (Lipinski definition) is 3. The van der Waals surface area contributed by atoms with Crippen molar-refractivity contribution < 1.29 is 14.6 Å². The summed E-state index contributed by atoms with van der Waals surface area (Å²) in [5.74, 6) is 0.546. The van der Waals surface area contributed by atoms with Crippen LogP contribution in [0.3, 0.4) is 0 Å². The highest BCUT2D eigenvalue weighted by Crippen LogP contribution is 2.22. The number of ether oxygens (including phenoxy) is 1. The minimum absolute atomic E-state index is 0.262. The molecule has 0 aromatic heterocycles. The lowest BCUT2D eigenvalue weighted by Crippen LogP contribution is -2.32. The van der Waals surface area contributed by atoms with Crippen molar-refractivity contribution >= 4 is 5.97 Å². The summed E-state index contributed by atoms with van der Waals surface area (Å²) in [4.78, 5) is 10.9. The molecule has 0 amide bonds. The highest BCUT2D eigenvalue weighted by Gasteiger charge is 2.15. The Morgan fingerprint density at radius 1 is 1.33 bits per heavy atom. The van der Waals surface area contributed by atoms with Gasteiger partial charge < -0.3 is 15.2 Å². The molecule has 1 aromatic carbocycles. The molecule has 0 saturated heterocycles. The summed E-state index contributed by atoms with van der Waals surface area (Å²) in [6, 6.07) is 7.23. The fourth-order valence-corrected chi connectivity index (χ4v) is 2.84. The van der Waals surface area contributed by atoms with Crippen molar-refractivity contribution in [1.29, 1.82) is 0 Å². The molecule has 1 aliphatic carbocycles. The number of carbonyl (C=O) groups is 1. The predicted octanol–water partition coefficient (Wildman–Crippen LogP) is 3.32. The fourth-order valence-electron chi connectivity index (χ4n) is 2.84. The van der Waals surface area contributed by atoms with Gasteiger partial charge in [0, 0.05) is 12.6 Å². The first kappa shape index (κ1) is 15.8. The molecule has 2 atom stereocenters. The minimum atomic E-state index is -0.925. The molecule has 0 spiro atoms. The number of nitrogens with one attached hydrogen (secondary N) is 1. The SMILES string of the molecule is CC1CCCC(NCCOc2cccc(C(=O)O)c2)CC1. The van der Waals surface area contributed by atoms with E-state index >= 15 is 0 Å². The minimum Gasteiger partial charge on any atom is -0.492 e. The van der Waals surface area contributed by atoms with Gasteiger partial charge in [0.15, 0.2) is 0 Å². The Kier molecular flexibility index (Phi) is 6.05. The van der Waals surface area contributed by atoms with E-state index in [1.807, 2.05) is 0 Å². The first-order valence-electron chi connectivity index (χ1n) is 7.84. The van der Waals surface area contributed by atoms with Crippen LogP contribution in [0.5, 0.6) is 5.75 Å². The summed E-state index contributed by atoms with van der Waals surface area (Å²) in [6.07, 6.45) is 6.45. The second-order valence-electron chi connectivity index (χ2n) is 5.95. The van der Waals surface area contributed by atoms with E-state index in [1.165, 1.54) is 32.1 Å². The van der Waals surface area contributed by atoms with Crippen LogP contribution in [0, 0.1) is 5.92 Å². The van der Waals surface area contributed by atoms with Gasteiger partial charge in [-0.1, -0.05) is 25.8 Å². The summed E-state index contributed by atoms with van der Waals surface area (Å²) >= 11 is 0. The van der Waals surface area contributed by atoms with Crippen molar-refractivity contribution in [2.45, 2.75) is 45.1 Å². The summed E-state index contributed by atoms with van der Waals surface area (Å²) in [5.41, 5.74) is 0.262. The molecule has 1 saturated carbocycles. The standard InChI is InChI=1S/C17H25NO3/c1-13-4-2-6-15(9-8-13)18-10-11-21-16-7-3-5-14(12-16)17(19)20/h3,5,7,12-13,15,18H,2,4,6,8-11H2,1H3,(H,19,20). The van der Waals surface area contributed by atoms with E-state index in [1.54, 1.807) is 24.3 Å². The molecule has 4 nitrogen and oxygen atoms in total. The van der Waals surface area contributed by atoms with E-state index in [4.69, 9.17) is 9.84 Å². The highest BCUT2D eigenvalue weighted by atomic mass is 16.5. The molecule has 1 aliphatic rings. The number of hydrogen-bond donors (Lipinski definition) is 2. The third kappa shape index (κ3) is 5.38. The Bertz CT molecular complexity index is 461. The van der Waals surface area contributed by atoms with E-state index in [9.17, 15) is 4.79 Å². The average Bonchev–Trinajstić information content (AvgIpc) is 2.69. The second kappa shape index (κ2) is 8.03. The third-order valence-electron chi connectivity index (χ3n) is 4.14. The van der Waals surface area contributed by atoms with E-state index in [0.29, 0.717) is 18.4 Å². The number of carboxylic acid groups (broad SMARTS) is 1. The van der Waals surface area contributed by atoms with Crippen LogP contribution in [-0.4, -0.2) is 30.3 Å². The molecule has 116 valence electrons. The van der Waals surface area contributed by atoms with E-state index in [0.717, 1.165) is 12.5 Å². The van der Waals surface area contributed by atoms with Crippen LogP contribution in [0.25, 0.3) is 0 Å². The average molecular weight is 291 g/mol. The van der Waals surface area contributed by atoms with Crippen molar-refractivity contribution in [3.8, 4) is 5.75 Å². The number of carboxylic acids is 1. The molecular formula is C17H25NO3. The van der Waals surface area contributed by atoms with Gasteiger partial charge in [0.05, 0.1) is 5.56 Å². The number of benzene rings is 1. The van der Waals surface area contributed by atoms with Gasteiger partial charge in [-0.15, -0.1) is 0 Å². The molecule has 0 heterocycles. The number of aromatic carboxylic acids is 1. The van der Waals surface area contributed by atoms with Crippen LogP contribution in [0.1, 0.15) is 49.4 Å². The van der Waals surface area contributed by atoms with E-state index in [-0.39, 0.29) is 5.56 Å². The summed E-state index contributed by atoms with van der Waals surface area (Å²) < 4.78 is 5.61. The fraction of sp³-hybridized carbons (Fsp3) is 0.588. The Morgan fingerprint density at radius 2 is 2.19 bits per heavy atom. The Labute approximate surface area is 126 Å². The smallest absolute Gasteiger partial charge is 0.335 e. The zero-order valence-corrected chi connectivity index (χ0v) is 12.7. The Hall–Kier alpha value is -1.55. The summed E-state index contributed by atoms with van der Waals surface area (Å²) in [7, 11) is 0. The van der Waals surface area contributed by atoms with Gasteiger partial charge in [0.2, 0.25) is 0 Å². The lowest BCUT2D eigenvalue weighted by atomic mass is 10.0. The zero-order chi connectivity index (χ0) is 15.1. The van der Waals surface area contributed by atoms with E-state index in [2.05, 4.69) is 12.2 Å². The van der Waals surface area contributed by atoms with Gasteiger partial charge in [0.1, 0.15) is 12.4 Å². The molecular weight excluding hydrogens is 266 g/mol. The zero-order valence-electron chi connectivity index (χ0n) is 12.7. The molecule has 2 N–H and O–H groups in total. The van der Waals surface area contributed by atoms with Crippen molar-refractivity contribution in [3.05, 3.63) is 29.8 Å². The molecule has 0 aliphatic heterocycles. The first-order chi connectivity index (χ1) is 10.1. The molecule has 1 fully saturated rings. The van der Waals surface area contributed by atoms with E-state index < -0.39 is 5.97 Å². The normalized spacial score (nSPS) is 22.5. The quantitative estimate of drug-likeness (QED) is 0.623. The molecule has 2 unspecified atom stereocenters. The molecule has 1 aromatic rings. The van der Waals surface area contributed by atoms with Gasteiger partial charge in [-0.2, -0.15) is 0 Å². The molecule has 2 rings (SSSR count). The van der Waals surface area contributed by atoms with Crippen LogP contribution in [0.15, 0.2) is 24.3 Å². The third-order valence-corrected chi connectivity index (χ3v) is 4.14. The van der Waals surface area contributed by atoms with Gasteiger partial charge in [-0.25, -0.2) is 4.79 Å². The number of rotatable bonds is 6. The van der Waals surface area contributed by atoms with Crippen molar-refractivity contribution in [2.75, 3.05) is 13.2 Å². The monoisotopic (exact) mass is 291 g/mol. The van der Waals surface area contributed by atoms with Crippen LogP contribution in [0.4, 0.5) is 0 Å². The van der Waals surface area contributed by atoms with Gasteiger partial charge in [0.25, 0.3) is 0 Å². The van der Waals surface area contributed by atoms with Gasteiger partial charge >= 0.3 is 5.97 Å². The Morgan fingerprint density at radius 3 is 3.00 bits per heavy atom. The largest absolute Gasteiger partial charge is 0.492 e. The van der Waals surface area contributed by atoms with Crippen molar-refractivity contribution in [3.63, 3.8) is 0 Å². The lowest BCUT2D eigenvalue weighted by molar-refractivity contribution is 0.0696. The van der Waals surface area contributed by atoms with Crippen LogP contribution < -0.4 is 10.1 Å². The maximum absolute atomic E-state index is 10.9. The maximum Gasteiger partial charge on any atom is 0.335 e. The molecule has 0 radical (unpaired) electrons. The molecule has 21 heavy (non-hydrogen) atoms. The topological polar surface area (TPSA) is 58.6 Å². The van der Waals surface area contributed by atoms with Gasteiger partial charge in [-0.3, -0.25) is 0 Å². The van der Waals surface area contributed by atoms with Crippen molar-refractivity contribution in [1.82, 2.24) is 5.32 Å². The first-order valence-corrected chi connectivity index (χ1v) is 7.84. The molecule has 0 bridgehead atoms. The van der Waals surface area contributed by atoms with Crippen LogP contribution in [0.2, 0.25) is 0 Å². The molecule has 4 heteroatoms. The predicted molar refractivity (Wildman–Crippen MR) is 82.9 cm³/mol. The van der Waals surface area contributed by atoms with Gasteiger partial charge in [-0.05, 0) is 43.4 Å². The second-order valence-corrected chi connectivity index (χ2v) is 5.95. The van der Waals surface area contributed by atoms with Crippen molar-refractivity contribution in [2.24, 2.45) is 5.92 Å². The van der Waals surface area contributed by atoms with Crippen LogP contribution in [-0.2, 0) is 0 Å². The highest BCUT2D eigenvalue weighted by molar-refractivity contribution is 5.87. The summed E-state index contributed by atoms with van der Waals surface area (Å²) in [5, 5.41) is 12.5. The lowest BCUT2D eigenvalue weighted by Gasteiger charge is -2.16. The van der Waals surface area contributed by atoms with Crippen LogP contribution >= 0.6 is 0 Å². The summed E-state index contributed by atoms with van der Waals surface area (Å²) in [6.45, 7) is 3.70. The maximum atomic E-state index is 10.9. The Balaban J connectivity index is 1.69.